The molecule has 2 aromatic carbocycles. The van der Waals surface area contributed by atoms with Crippen molar-refractivity contribution < 1.29 is 4.79 Å². The number of hydrogen-bond acceptors (Lipinski definition) is 5. The molecule has 0 fully saturated rings. The molecule has 0 atom stereocenters. The summed E-state index contributed by atoms with van der Waals surface area (Å²) in [5.74, 6) is -0.0530. The minimum absolute atomic E-state index is 0.250. The average molecular weight is 423 g/mol. The van der Waals surface area contributed by atoms with E-state index in [1.807, 2.05) is 67.6 Å². The van der Waals surface area contributed by atoms with E-state index in [-0.39, 0.29) is 11.9 Å². The monoisotopic (exact) mass is 423 g/mol. The lowest BCUT2D eigenvalue weighted by molar-refractivity contribution is 0.102. The number of aryl methyl sites for hydroxylation is 1. The number of nitrogens with one attached hydrogen (secondary N) is 1. The largest absolute Gasteiger partial charge is 0.289 e. The van der Waals surface area contributed by atoms with Crippen LogP contribution in [-0.4, -0.2) is 35.4 Å². The van der Waals surface area contributed by atoms with Gasteiger partial charge in [0.1, 0.15) is 6.33 Å². The first-order chi connectivity index (χ1) is 15.7. The second-order valence-corrected chi connectivity index (χ2v) is 7.32. The number of rotatable bonds is 6. The lowest BCUT2D eigenvalue weighted by atomic mass is 10.1. The van der Waals surface area contributed by atoms with E-state index in [0.717, 1.165) is 11.1 Å². The highest BCUT2D eigenvalue weighted by molar-refractivity contribution is 6.12. The van der Waals surface area contributed by atoms with Crippen LogP contribution in [-0.2, 0) is 13.1 Å². The summed E-state index contributed by atoms with van der Waals surface area (Å²) < 4.78 is 3.48. The summed E-state index contributed by atoms with van der Waals surface area (Å²) in [6.45, 7) is 3.22. The van der Waals surface area contributed by atoms with E-state index in [4.69, 9.17) is 4.98 Å². The minimum atomic E-state index is -0.303. The first-order valence-electron chi connectivity index (χ1n) is 10.4. The van der Waals surface area contributed by atoms with E-state index in [9.17, 15) is 4.79 Å². The summed E-state index contributed by atoms with van der Waals surface area (Å²) in [7, 11) is 0. The van der Waals surface area contributed by atoms with Gasteiger partial charge in [0, 0.05) is 12.1 Å². The number of benzene rings is 2. The molecule has 0 aliphatic heterocycles. The number of pyridine rings is 1. The molecule has 1 N–H and O–H groups in total. The number of nitrogens with zero attached hydrogens (tertiary/aromatic N) is 6. The fourth-order valence-corrected chi connectivity index (χ4v) is 3.59. The van der Waals surface area contributed by atoms with Crippen LogP contribution in [0.2, 0.25) is 0 Å². The van der Waals surface area contributed by atoms with Gasteiger partial charge in [-0.25, -0.2) is 19.3 Å². The molecule has 3 aromatic heterocycles. The van der Waals surface area contributed by atoms with Crippen LogP contribution in [0.25, 0.3) is 22.3 Å². The van der Waals surface area contributed by atoms with Crippen LogP contribution in [0.3, 0.4) is 0 Å². The number of fused-ring (bicyclic) bond motifs is 1. The van der Waals surface area contributed by atoms with E-state index in [0.29, 0.717) is 35.4 Å². The molecule has 32 heavy (non-hydrogen) atoms. The zero-order chi connectivity index (χ0) is 21.9. The third kappa shape index (κ3) is 3.85. The predicted molar refractivity (Wildman–Crippen MR) is 122 cm³/mol. The zero-order valence-electron chi connectivity index (χ0n) is 17.5. The number of amides is 1. The lowest BCUT2D eigenvalue weighted by Gasteiger charge is -2.08. The van der Waals surface area contributed by atoms with Gasteiger partial charge in [0.05, 0.1) is 29.4 Å². The molecule has 0 radical (unpaired) electrons. The van der Waals surface area contributed by atoms with Crippen molar-refractivity contribution in [3.8, 4) is 11.3 Å². The Labute approximate surface area is 184 Å². The molecule has 0 bridgehead atoms. The summed E-state index contributed by atoms with van der Waals surface area (Å²) in [5, 5.41) is 12.3. The molecule has 158 valence electrons. The summed E-state index contributed by atoms with van der Waals surface area (Å²) in [6.07, 6.45) is 3.28. The van der Waals surface area contributed by atoms with E-state index < -0.39 is 0 Å². The number of aromatic nitrogens is 6. The maximum Gasteiger partial charge on any atom is 0.258 e. The van der Waals surface area contributed by atoms with Gasteiger partial charge in [-0.2, -0.15) is 5.10 Å². The number of carbonyl (C=O) groups is 1. The predicted octanol–water partition coefficient (Wildman–Crippen LogP) is 4.01. The molecule has 0 aliphatic rings. The van der Waals surface area contributed by atoms with Gasteiger partial charge in [0.25, 0.3) is 5.91 Å². The number of hydrogen-bond donors (Lipinski definition) is 1. The third-order valence-electron chi connectivity index (χ3n) is 5.17. The van der Waals surface area contributed by atoms with Gasteiger partial charge in [0.2, 0.25) is 5.95 Å². The van der Waals surface area contributed by atoms with Crippen LogP contribution in [0.1, 0.15) is 22.8 Å². The maximum atomic E-state index is 13.2. The quantitative estimate of drug-likeness (QED) is 0.446. The first-order valence-corrected chi connectivity index (χ1v) is 10.4. The van der Waals surface area contributed by atoms with Gasteiger partial charge in [-0.05, 0) is 18.6 Å². The van der Waals surface area contributed by atoms with Crippen LogP contribution in [0.4, 0.5) is 5.95 Å². The lowest BCUT2D eigenvalue weighted by Crippen LogP contribution is -2.14. The van der Waals surface area contributed by atoms with E-state index in [2.05, 4.69) is 20.5 Å². The molecule has 0 spiro atoms. The molecule has 8 heteroatoms. The fourth-order valence-electron chi connectivity index (χ4n) is 3.59. The zero-order valence-corrected chi connectivity index (χ0v) is 17.5. The van der Waals surface area contributed by atoms with Crippen molar-refractivity contribution in [1.82, 2.24) is 29.5 Å². The van der Waals surface area contributed by atoms with Gasteiger partial charge in [-0.15, -0.1) is 5.10 Å². The molecule has 8 nitrogen and oxygen atoms in total. The summed E-state index contributed by atoms with van der Waals surface area (Å²) in [4.78, 5) is 22.2. The molecule has 5 rings (SSSR count). The summed E-state index contributed by atoms with van der Waals surface area (Å²) in [5.41, 5.74) is 3.89. The molecule has 3 heterocycles. The van der Waals surface area contributed by atoms with Crippen LogP contribution >= 0.6 is 0 Å². The molecule has 0 aliphatic carbocycles. The van der Waals surface area contributed by atoms with Crippen molar-refractivity contribution in [2.24, 2.45) is 0 Å². The molecular weight excluding hydrogens is 402 g/mol. The van der Waals surface area contributed by atoms with Crippen molar-refractivity contribution in [2.45, 2.75) is 20.0 Å². The van der Waals surface area contributed by atoms with Gasteiger partial charge in [-0.3, -0.25) is 10.1 Å². The SMILES string of the molecule is CCn1ncc2c(C(=O)Nc3ncn(Cc4ccccc4)n3)cc(-c3ccccc3)nc21. The third-order valence-corrected chi connectivity index (χ3v) is 5.17. The second-order valence-electron chi connectivity index (χ2n) is 7.32. The maximum absolute atomic E-state index is 13.2. The first kappa shape index (κ1) is 19.6. The molecule has 0 unspecified atom stereocenters. The fraction of sp³-hybridized carbons (Fsp3) is 0.125. The molecular formula is C24H21N7O. The Morgan fingerprint density at radius 2 is 1.78 bits per heavy atom. The van der Waals surface area contributed by atoms with Crippen molar-refractivity contribution in [1.29, 1.82) is 0 Å². The minimum Gasteiger partial charge on any atom is -0.289 e. The van der Waals surface area contributed by atoms with Crippen LogP contribution < -0.4 is 5.32 Å². The van der Waals surface area contributed by atoms with Crippen LogP contribution in [0.15, 0.2) is 79.3 Å². The highest BCUT2D eigenvalue weighted by Gasteiger charge is 2.18. The average Bonchev–Trinajstić information content (AvgIpc) is 3.46. The van der Waals surface area contributed by atoms with Crippen LogP contribution in [0, 0.1) is 0 Å². The Balaban J connectivity index is 1.46. The molecule has 1 amide bonds. The van der Waals surface area contributed by atoms with E-state index >= 15 is 0 Å². The normalized spacial score (nSPS) is 11.0. The van der Waals surface area contributed by atoms with Crippen molar-refractivity contribution in [3.63, 3.8) is 0 Å². The topological polar surface area (TPSA) is 90.5 Å². The van der Waals surface area contributed by atoms with Gasteiger partial charge < -0.3 is 0 Å². The smallest absolute Gasteiger partial charge is 0.258 e. The standard InChI is InChI=1S/C24H21N7O/c1-2-31-22-20(14-26-31)19(13-21(27-22)18-11-7-4-8-12-18)23(32)28-24-25-16-30(29-24)15-17-9-5-3-6-10-17/h3-14,16H,2,15H2,1H3,(H,28,29,32). The highest BCUT2D eigenvalue weighted by Crippen LogP contribution is 2.25. The van der Waals surface area contributed by atoms with Crippen molar-refractivity contribution >= 4 is 22.9 Å². The van der Waals surface area contributed by atoms with Crippen LogP contribution in [0.5, 0.6) is 0 Å². The van der Waals surface area contributed by atoms with E-state index in [1.165, 1.54) is 0 Å². The highest BCUT2D eigenvalue weighted by atomic mass is 16.1. The van der Waals surface area contributed by atoms with Gasteiger partial charge >= 0.3 is 0 Å². The Bertz CT molecular complexity index is 1370. The Morgan fingerprint density at radius 1 is 1.03 bits per heavy atom. The summed E-state index contributed by atoms with van der Waals surface area (Å²) in [6, 6.07) is 21.5. The number of carbonyl (C=O) groups excluding carboxylic acids is 1. The number of anilines is 1. The summed E-state index contributed by atoms with van der Waals surface area (Å²) >= 11 is 0. The molecule has 5 aromatic rings. The Kier molecular flexibility index (Phi) is 5.17. The Hall–Kier alpha value is -4.33. The Morgan fingerprint density at radius 3 is 2.53 bits per heavy atom. The molecule has 0 saturated heterocycles. The van der Waals surface area contributed by atoms with Crippen molar-refractivity contribution in [3.05, 3.63) is 90.4 Å². The van der Waals surface area contributed by atoms with Gasteiger partial charge in [-0.1, -0.05) is 60.7 Å². The van der Waals surface area contributed by atoms with Crippen molar-refractivity contribution in [2.75, 3.05) is 5.32 Å². The van der Waals surface area contributed by atoms with Gasteiger partial charge in [0.15, 0.2) is 5.65 Å². The molecule has 0 saturated carbocycles. The second kappa shape index (κ2) is 8.43. The van der Waals surface area contributed by atoms with E-state index in [1.54, 1.807) is 28.0 Å².